The molecule has 1 aliphatic heterocycles. The molecular formula is C20H18ClFN2O3. The highest BCUT2D eigenvalue weighted by Gasteiger charge is 2.27. The highest BCUT2D eigenvalue weighted by Crippen LogP contribution is 2.35. The monoisotopic (exact) mass is 388 g/mol. The molecule has 1 heterocycles. The first kappa shape index (κ1) is 19.0. The van der Waals surface area contributed by atoms with Crippen molar-refractivity contribution < 1.29 is 18.7 Å². The average molecular weight is 389 g/mol. The van der Waals surface area contributed by atoms with Gasteiger partial charge in [-0.05, 0) is 24.1 Å². The van der Waals surface area contributed by atoms with Gasteiger partial charge in [0.2, 0.25) is 0 Å². The fourth-order valence-corrected chi connectivity index (χ4v) is 3.48. The second kappa shape index (κ2) is 7.88. The molecule has 0 N–H and O–H groups in total. The van der Waals surface area contributed by atoms with Crippen molar-refractivity contribution in [2.24, 2.45) is 4.99 Å². The Morgan fingerprint density at radius 2 is 2.15 bits per heavy atom. The van der Waals surface area contributed by atoms with Gasteiger partial charge in [-0.15, -0.1) is 0 Å². The van der Waals surface area contributed by atoms with Gasteiger partial charge in [0.05, 0.1) is 24.9 Å². The lowest BCUT2D eigenvalue weighted by molar-refractivity contribution is 0.0811. The van der Waals surface area contributed by atoms with Gasteiger partial charge >= 0.3 is 0 Å². The Hall–Kier alpha value is -2.73. The van der Waals surface area contributed by atoms with E-state index in [0.29, 0.717) is 46.7 Å². The van der Waals surface area contributed by atoms with E-state index in [4.69, 9.17) is 16.3 Å². The lowest BCUT2D eigenvalue weighted by Gasteiger charge is -2.25. The molecule has 0 unspecified atom stereocenters. The van der Waals surface area contributed by atoms with Crippen LogP contribution >= 0.6 is 11.6 Å². The van der Waals surface area contributed by atoms with E-state index >= 15 is 0 Å². The standard InChI is InChI=1S/C20H18ClFN2O3/c1-24(20(26)13-6-4-3-5-12(13)11-25)10-17-18-14(7-8-23-17)15(21)9-16(22)19(18)27-2/h3-6,9,11H,7-8,10H2,1-2H3. The minimum absolute atomic E-state index is 0.0713. The summed E-state index contributed by atoms with van der Waals surface area (Å²) in [5.41, 5.74) is 2.39. The summed E-state index contributed by atoms with van der Waals surface area (Å²) in [7, 11) is 2.99. The van der Waals surface area contributed by atoms with Gasteiger partial charge in [0, 0.05) is 29.7 Å². The van der Waals surface area contributed by atoms with E-state index in [1.807, 2.05) is 0 Å². The maximum atomic E-state index is 14.3. The number of hydrogen-bond acceptors (Lipinski definition) is 4. The average Bonchev–Trinajstić information content (AvgIpc) is 2.68. The molecule has 0 aliphatic carbocycles. The molecule has 0 aromatic heterocycles. The molecule has 0 atom stereocenters. The second-order valence-electron chi connectivity index (χ2n) is 6.17. The third-order valence-electron chi connectivity index (χ3n) is 4.50. The molecule has 0 saturated carbocycles. The fourth-order valence-electron chi connectivity index (χ4n) is 3.20. The number of benzene rings is 2. The van der Waals surface area contributed by atoms with E-state index in [9.17, 15) is 14.0 Å². The van der Waals surface area contributed by atoms with Crippen LogP contribution in [-0.2, 0) is 6.42 Å². The largest absolute Gasteiger partial charge is 0.493 e. The Balaban J connectivity index is 1.95. The highest BCUT2D eigenvalue weighted by molar-refractivity contribution is 6.32. The van der Waals surface area contributed by atoms with E-state index in [1.54, 1.807) is 31.3 Å². The van der Waals surface area contributed by atoms with Crippen molar-refractivity contribution in [2.45, 2.75) is 6.42 Å². The fraction of sp³-hybridized carbons (Fsp3) is 0.250. The van der Waals surface area contributed by atoms with E-state index in [0.717, 1.165) is 5.56 Å². The number of carbonyl (C=O) groups excluding carboxylic acids is 2. The van der Waals surface area contributed by atoms with Gasteiger partial charge in [0.25, 0.3) is 5.91 Å². The first-order chi connectivity index (χ1) is 13.0. The Morgan fingerprint density at radius 3 is 2.85 bits per heavy atom. The molecule has 2 aromatic carbocycles. The third-order valence-corrected chi connectivity index (χ3v) is 4.83. The first-order valence-electron chi connectivity index (χ1n) is 8.36. The number of rotatable bonds is 5. The predicted molar refractivity (Wildman–Crippen MR) is 102 cm³/mol. The minimum Gasteiger partial charge on any atom is -0.493 e. The van der Waals surface area contributed by atoms with Gasteiger partial charge in [0.15, 0.2) is 17.9 Å². The summed E-state index contributed by atoms with van der Waals surface area (Å²) in [6.07, 6.45) is 1.21. The molecule has 2 aromatic rings. The molecule has 0 bridgehead atoms. The van der Waals surface area contributed by atoms with Crippen LogP contribution in [0.3, 0.4) is 0 Å². The van der Waals surface area contributed by atoms with Crippen LogP contribution in [0.15, 0.2) is 35.3 Å². The molecule has 7 heteroatoms. The molecule has 0 radical (unpaired) electrons. The summed E-state index contributed by atoms with van der Waals surface area (Å²) in [6.45, 7) is 0.624. The zero-order valence-corrected chi connectivity index (χ0v) is 15.7. The van der Waals surface area contributed by atoms with Crippen molar-refractivity contribution in [1.82, 2.24) is 4.90 Å². The summed E-state index contributed by atoms with van der Waals surface area (Å²) >= 11 is 6.21. The predicted octanol–water partition coefficient (Wildman–Crippen LogP) is 3.42. The molecule has 1 amide bonds. The van der Waals surface area contributed by atoms with Crippen LogP contribution in [0, 0.1) is 5.82 Å². The number of halogens is 2. The Kier molecular flexibility index (Phi) is 5.56. The zero-order chi connectivity index (χ0) is 19.6. The first-order valence-corrected chi connectivity index (χ1v) is 8.74. The number of amides is 1. The molecule has 27 heavy (non-hydrogen) atoms. The quantitative estimate of drug-likeness (QED) is 0.737. The van der Waals surface area contributed by atoms with Crippen molar-refractivity contribution in [2.75, 3.05) is 27.2 Å². The SMILES string of the molecule is COc1c(F)cc(Cl)c2c1C(CN(C)C(=O)c1ccccc1C=O)=NCC2. The number of likely N-dealkylation sites (N-methyl/N-ethyl adjacent to an activating group) is 1. The van der Waals surface area contributed by atoms with Crippen LogP contribution in [0.5, 0.6) is 5.75 Å². The summed E-state index contributed by atoms with van der Waals surface area (Å²) in [6, 6.07) is 7.80. The van der Waals surface area contributed by atoms with Gasteiger partial charge in [-0.2, -0.15) is 0 Å². The van der Waals surface area contributed by atoms with Crippen molar-refractivity contribution in [1.29, 1.82) is 0 Å². The molecule has 0 fully saturated rings. The van der Waals surface area contributed by atoms with Crippen molar-refractivity contribution in [3.8, 4) is 5.75 Å². The van der Waals surface area contributed by atoms with Crippen LogP contribution in [0.1, 0.15) is 31.8 Å². The summed E-state index contributed by atoms with van der Waals surface area (Å²) in [5, 5.41) is 0.316. The third kappa shape index (κ3) is 3.57. The van der Waals surface area contributed by atoms with Gasteiger partial charge in [0.1, 0.15) is 0 Å². The lowest BCUT2D eigenvalue weighted by Crippen LogP contribution is -2.34. The topological polar surface area (TPSA) is 59.0 Å². The Labute approximate surface area is 161 Å². The van der Waals surface area contributed by atoms with E-state index in [-0.39, 0.29) is 18.2 Å². The molecule has 0 saturated heterocycles. The lowest BCUT2D eigenvalue weighted by atomic mass is 9.95. The number of methoxy groups -OCH3 is 1. The summed E-state index contributed by atoms with van der Waals surface area (Å²) in [4.78, 5) is 29.9. The van der Waals surface area contributed by atoms with Crippen LogP contribution in [-0.4, -0.2) is 50.1 Å². The maximum Gasteiger partial charge on any atom is 0.254 e. The van der Waals surface area contributed by atoms with Crippen LogP contribution < -0.4 is 4.74 Å². The van der Waals surface area contributed by atoms with Gasteiger partial charge in [-0.1, -0.05) is 29.8 Å². The number of aldehydes is 1. The maximum absolute atomic E-state index is 14.3. The number of fused-ring (bicyclic) bond motifs is 1. The van der Waals surface area contributed by atoms with Gasteiger partial charge in [-0.25, -0.2) is 4.39 Å². The molecule has 3 rings (SSSR count). The van der Waals surface area contributed by atoms with E-state index in [2.05, 4.69) is 4.99 Å². The summed E-state index contributed by atoms with van der Waals surface area (Å²) in [5.74, 6) is -0.827. The van der Waals surface area contributed by atoms with Crippen molar-refractivity contribution in [3.05, 3.63) is 63.4 Å². The number of aliphatic imine (C=N–C) groups is 1. The van der Waals surface area contributed by atoms with Crippen LogP contribution in [0.4, 0.5) is 4.39 Å². The van der Waals surface area contributed by atoms with Gasteiger partial charge < -0.3 is 9.64 Å². The molecule has 1 aliphatic rings. The Morgan fingerprint density at radius 1 is 1.41 bits per heavy atom. The normalized spacial score (nSPS) is 12.8. The zero-order valence-electron chi connectivity index (χ0n) is 15.0. The minimum atomic E-state index is -0.573. The molecule has 140 valence electrons. The molecule has 5 nitrogen and oxygen atoms in total. The number of hydrogen-bond donors (Lipinski definition) is 0. The van der Waals surface area contributed by atoms with E-state index < -0.39 is 5.82 Å². The van der Waals surface area contributed by atoms with Gasteiger partial charge in [-0.3, -0.25) is 14.6 Å². The number of ether oxygens (including phenoxy) is 1. The second-order valence-corrected chi connectivity index (χ2v) is 6.58. The number of nitrogens with zero attached hydrogens (tertiary/aromatic N) is 2. The van der Waals surface area contributed by atoms with E-state index in [1.165, 1.54) is 18.1 Å². The summed E-state index contributed by atoms with van der Waals surface area (Å²) < 4.78 is 19.5. The highest BCUT2D eigenvalue weighted by atomic mass is 35.5. The van der Waals surface area contributed by atoms with Crippen molar-refractivity contribution in [3.63, 3.8) is 0 Å². The van der Waals surface area contributed by atoms with Crippen LogP contribution in [0.2, 0.25) is 5.02 Å². The molecule has 0 spiro atoms. The van der Waals surface area contributed by atoms with Crippen molar-refractivity contribution >= 4 is 29.5 Å². The molecular weight excluding hydrogens is 371 g/mol. The van der Waals surface area contributed by atoms with Crippen LogP contribution in [0.25, 0.3) is 0 Å². The smallest absolute Gasteiger partial charge is 0.254 e. The Bertz CT molecular complexity index is 943. The number of carbonyl (C=O) groups is 2.